The number of ether oxygens (including phenoxy) is 2. The lowest BCUT2D eigenvalue weighted by atomic mass is 10.1. The Balaban J connectivity index is 2.59. The summed E-state index contributed by atoms with van der Waals surface area (Å²) in [5, 5.41) is 3.47. The zero-order chi connectivity index (χ0) is 14.1. The van der Waals surface area contributed by atoms with Gasteiger partial charge in [0, 0.05) is 12.6 Å². The molecular formula is C15H24BrNO2. The van der Waals surface area contributed by atoms with Crippen LogP contribution in [0, 0.1) is 0 Å². The molecule has 3 nitrogen and oxygen atoms in total. The predicted octanol–water partition coefficient (Wildman–Crippen LogP) is 3.40. The van der Waals surface area contributed by atoms with E-state index in [1.165, 1.54) is 5.56 Å². The fourth-order valence-electron chi connectivity index (χ4n) is 1.97. The molecule has 0 saturated carbocycles. The second-order valence-corrected chi connectivity index (χ2v) is 5.36. The van der Waals surface area contributed by atoms with Crippen LogP contribution < -0.4 is 10.1 Å². The SMILES string of the molecule is CCCOCC(Cc1ccc(OC)c(Br)c1)NCC. The Hall–Kier alpha value is -0.580. The van der Waals surface area contributed by atoms with Crippen LogP contribution in [0.15, 0.2) is 22.7 Å². The van der Waals surface area contributed by atoms with E-state index >= 15 is 0 Å². The fraction of sp³-hybridized carbons (Fsp3) is 0.600. The van der Waals surface area contributed by atoms with Gasteiger partial charge in [-0.2, -0.15) is 0 Å². The smallest absolute Gasteiger partial charge is 0.133 e. The molecule has 4 heteroatoms. The average Bonchev–Trinajstić information content (AvgIpc) is 2.39. The van der Waals surface area contributed by atoms with E-state index in [1.807, 2.05) is 6.07 Å². The predicted molar refractivity (Wildman–Crippen MR) is 83.0 cm³/mol. The van der Waals surface area contributed by atoms with Gasteiger partial charge in [-0.05, 0) is 53.0 Å². The van der Waals surface area contributed by atoms with Crippen molar-refractivity contribution in [3.8, 4) is 5.75 Å². The minimum absolute atomic E-state index is 0.358. The molecule has 0 aliphatic carbocycles. The molecule has 0 aliphatic heterocycles. The van der Waals surface area contributed by atoms with Crippen molar-refractivity contribution in [2.75, 3.05) is 26.9 Å². The van der Waals surface area contributed by atoms with E-state index in [4.69, 9.17) is 9.47 Å². The van der Waals surface area contributed by atoms with Crippen molar-refractivity contribution < 1.29 is 9.47 Å². The number of hydrogen-bond acceptors (Lipinski definition) is 3. The highest BCUT2D eigenvalue weighted by Gasteiger charge is 2.10. The normalized spacial score (nSPS) is 12.4. The summed E-state index contributed by atoms with van der Waals surface area (Å²) in [7, 11) is 1.68. The van der Waals surface area contributed by atoms with E-state index in [2.05, 4.69) is 47.2 Å². The van der Waals surface area contributed by atoms with Crippen molar-refractivity contribution >= 4 is 15.9 Å². The largest absolute Gasteiger partial charge is 0.496 e. The van der Waals surface area contributed by atoms with E-state index < -0.39 is 0 Å². The van der Waals surface area contributed by atoms with Crippen LogP contribution in [0.25, 0.3) is 0 Å². The molecule has 19 heavy (non-hydrogen) atoms. The summed E-state index contributed by atoms with van der Waals surface area (Å²) < 4.78 is 11.9. The summed E-state index contributed by atoms with van der Waals surface area (Å²) >= 11 is 3.52. The minimum atomic E-state index is 0.358. The van der Waals surface area contributed by atoms with Crippen LogP contribution in [-0.4, -0.2) is 32.9 Å². The highest BCUT2D eigenvalue weighted by Crippen LogP contribution is 2.26. The molecule has 0 fully saturated rings. The van der Waals surface area contributed by atoms with Crippen LogP contribution in [0.2, 0.25) is 0 Å². The first-order chi connectivity index (χ1) is 9.21. The van der Waals surface area contributed by atoms with E-state index in [-0.39, 0.29) is 0 Å². The molecule has 1 aromatic rings. The molecule has 0 radical (unpaired) electrons. The third-order valence-electron chi connectivity index (χ3n) is 2.86. The van der Waals surface area contributed by atoms with Gasteiger partial charge in [-0.3, -0.25) is 0 Å². The molecule has 0 aliphatic rings. The van der Waals surface area contributed by atoms with Gasteiger partial charge in [-0.15, -0.1) is 0 Å². The molecule has 1 rings (SSSR count). The van der Waals surface area contributed by atoms with Crippen LogP contribution >= 0.6 is 15.9 Å². The van der Waals surface area contributed by atoms with Crippen LogP contribution in [0.4, 0.5) is 0 Å². The van der Waals surface area contributed by atoms with Crippen LogP contribution in [0.5, 0.6) is 5.75 Å². The zero-order valence-electron chi connectivity index (χ0n) is 12.0. The van der Waals surface area contributed by atoms with Crippen molar-refractivity contribution in [2.24, 2.45) is 0 Å². The van der Waals surface area contributed by atoms with Gasteiger partial charge in [0.25, 0.3) is 0 Å². The van der Waals surface area contributed by atoms with E-state index in [0.29, 0.717) is 6.04 Å². The van der Waals surface area contributed by atoms with Gasteiger partial charge in [0.1, 0.15) is 5.75 Å². The van der Waals surface area contributed by atoms with Gasteiger partial charge in [0.15, 0.2) is 0 Å². The van der Waals surface area contributed by atoms with Crippen LogP contribution in [-0.2, 0) is 11.2 Å². The van der Waals surface area contributed by atoms with Gasteiger partial charge < -0.3 is 14.8 Å². The maximum absolute atomic E-state index is 5.65. The summed E-state index contributed by atoms with van der Waals surface area (Å²) in [5.74, 6) is 0.867. The van der Waals surface area contributed by atoms with Crippen molar-refractivity contribution in [1.82, 2.24) is 5.32 Å². The summed E-state index contributed by atoms with van der Waals surface area (Å²) in [6.07, 6.45) is 2.02. The number of hydrogen-bond donors (Lipinski definition) is 1. The number of halogens is 1. The monoisotopic (exact) mass is 329 g/mol. The molecule has 0 saturated heterocycles. The topological polar surface area (TPSA) is 30.5 Å². The number of methoxy groups -OCH3 is 1. The minimum Gasteiger partial charge on any atom is -0.496 e. The van der Waals surface area contributed by atoms with E-state index in [9.17, 15) is 0 Å². The Morgan fingerprint density at radius 1 is 1.32 bits per heavy atom. The maximum atomic E-state index is 5.65. The van der Waals surface area contributed by atoms with E-state index in [1.54, 1.807) is 7.11 Å². The van der Waals surface area contributed by atoms with Crippen molar-refractivity contribution in [3.05, 3.63) is 28.2 Å². The number of likely N-dealkylation sites (N-methyl/N-ethyl adjacent to an activating group) is 1. The van der Waals surface area contributed by atoms with E-state index in [0.717, 1.165) is 42.8 Å². The summed E-state index contributed by atoms with van der Waals surface area (Å²) in [4.78, 5) is 0. The molecular weight excluding hydrogens is 306 g/mol. The quantitative estimate of drug-likeness (QED) is 0.704. The second-order valence-electron chi connectivity index (χ2n) is 4.50. The second kappa shape index (κ2) is 9.34. The van der Waals surface area contributed by atoms with Crippen molar-refractivity contribution in [2.45, 2.75) is 32.7 Å². The number of benzene rings is 1. The first-order valence-electron chi connectivity index (χ1n) is 6.84. The van der Waals surface area contributed by atoms with Crippen LogP contribution in [0.1, 0.15) is 25.8 Å². The van der Waals surface area contributed by atoms with Gasteiger partial charge in [0.05, 0.1) is 18.2 Å². The lowest BCUT2D eigenvalue weighted by molar-refractivity contribution is 0.112. The molecule has 0 spiro atoms. The highest BCUT2D eigenvalue weighted by atomic mass is 79.9. The fourth-order valence-corrected chi connectivity index (χ4v) is 2.56. The molecule has 0 heterocycles. The van der Waals surface area contributed by atoms with Gasteiger partial charge in [-0.1, -0.05) is 19.9 Å². The number of nitrogens with one attached hydrogen (secondary N) is 1. The Morgan fingerprint density at radius 3 is 2.68 bits per heavy atom. The van der Waals surface area contributed by atoms with Gasteiger partial charge >= 0.3 is 0 Å². The molecule has 1 aromatic carbocycles. The third kappa shape index (κ3) is 5.93. The Bertz CT molecular complexity index is 371. The van der Waals surface area contributed by atoms with Gasteiger partial charge in [0.2, 0.25) is 0 Å². The summed E-state index contributed by atoms with van der Waals surface area (Å²) in [6.45, 7) is 6.79. The van der Waals surface area contributed by atoms with Crippen LogP contribution in [0.3, 0.4) is 0 Å². The highest BCUT2D eigenvalue weighted by molar-refractivity contribution is 9.10. The summed E-state index contributed by atoms with van der Waals surface area (Å²) in [6, 6.07) is 6.57. The zero-order valence-corrected chi connectivity index (χ0v) is 13.6. The maximum Gasteiger partial charge on any atom is 0.133 e. The lowest BCUT2D eigenvalue weighted by Crippen LogP contribution is -2.35. The first kappa shape index (κ1) is 16.5. The Morgan fingerprint density at radius 2 is 2.11 bits per heavy atom. The molecule has 1 unspecified atom stereocenters. The standard InChI is InChI=1S/C15H24BrNO2/c1-4-8-19-11-13(17-5-2)9-12-6-7-15(18-3)14(16)10-12/h6-7,10,13,17H,4-5,8-9,11H2,1-3H3. The Labute approximate surface area is 124 Å². The third-order valence-corrected chi connectivity index (χ3v) is 3.48. The Kier molecular flexibility index (Phi) is 8.10. The van der Waals surface area contributed by atoms with Crippen molar-refractivity contribution in [1.29, 1.82) is 0 Å². The lowest BCUT2D eigenvalue weighted by Gasteiger charge is -2.18. The molecule has 0 aromatic heterocycles. The molecule has 0 bridgehead atoms. The average molecular weight is 330 g/mol. The molecule has 108 valence electrons. The van der Waals surface area contributed by atoms with Crippen molar-refractivity contribution in [3.63, 3.8) is 0 Å². The summed E-state index contributed by atoms with van der Waals surface area (Å²) in [5.41, 5.74) is 1.28. The first-order valence-corrected chi connectivity index (χ1v) is 7.64. The number of rotatable bonds is 9. The van der Waals surface area contributed by atoms with Gasteiger partial charge in [-0.25, -0.2) is 0 Å². The molecule has 0 amide bonds. The molecule has 1 atom stereocenters. The molecule has 1 N–H and O–H groups in total.